The van der Waals surface area contributed by atoms with E-state index in [-0.39, 0.29) is 23.9 Å². The molecule has 0 spiro atoms. The van der Waals surface area contributed by atoms with E-state index >= 15 is 0 Å². The Hall–Kier alpha value is -3.42. The number of nitrogens with zero attached hydrogens (tertiary/aromatic N) is 3. The Morgan fingerprint density at radius 2 is 1.83 bits per heavy atom. The molecule has 1 aliphatic carbocycles. The van der Waals surface area contributed by atoms with Gasteiger partial charge < -0.3 is 5.32 Å². The first-order chi connectivity index (χ1) is 13.9. The van der Waals surface area contributed by atoms with Crippen molar-refractivity contribution >= 4 is 22.3 Å². The normalized spacial score (nSPS) is 13.3. The van der Waals surface area contributed by atoms with Gasteiger partial charge in [-0.2, -0.15) is 13.2 Å². The molecule has 0 aliphatic heterocycles. The van der Waals surface area contributed by atoms with Crippen molar-refractivity contribution in [3.63, 3.8) is 0 Å². The van der Waals surface area contributed by atoms with Crippen LogP contribution in [0.2, 0.25) is 0 Å². The third-order valence-electron chi connectivity index (χ3n) is 5.33. The van der Waals surface area contributed by atoms with Crippen LogP contribution in [0.4, 0.5) is 13.2 Å². The zero-order chi connectivity index (χ0) is 20.2. The smallest absolute Gasteiger partial charge is 0.345 e. The predicted octanol–water partition coefficient (Wildman–Crippen LogP) is 3.93. The number of alkyl halides is 3. The number of benzene rings is 2. The number of aromatic nitrogens is 3. The molecule has 29 heavy (non-hydrogen) atoms. The molecular weight excluding hydrogens is 381 g/mol. The maximum Gasteiger partial charge on any atom is 0.417 e. The lowest BCUT2D eigenvalue weighted by molar-refractivity contribution is -0.137. The number of halogens is 3. The molecule has 4 aromatic rings. The molecule has 0 saturated heterocycles. The molecule has 2 aromatic heterocycles. The summed E-state index contributed by atoms with van der Waals surface area (Å²) in [5, 5.41) is 12.6. The van der Waals surface area contributed by atoms with E-state index < -0.39 is 11.7 Å². The summed E-state index contributed by atoms with van der Waals surface area (Å²) in [6.45, 7) is -0.0375. The molecule has 0 atom stereocenters. The maximum atomic E-state index is 13.0. The number of aryl methyl sites for hydroxylation is 2. The van der Waals surface area contributed by atoms with Gasteiger partial charge in [0.15, 0.2) is 11.5 Å². The van der Waals surface area contributed by atoms with Crippen LogP contribution in [-0.4, -0.2) is 20.5 Å². The summed E-state index contributed by atoms with van der Waals surface area (Å²) in [6.07, 6.45) is -1.60. The second-order valence-corrected chi connectivity index (χ2v) is 7.05. The van der Waals surface area contributed by atoms with Crippen molar-refractivity contribution in [3.8, 4) is 0 Å². The van der Waals surface area contributed by atoms with Gasteiger partial charge in [-0.15, -0.1) is 10.2 Å². The van der Waals surface area contributed by atoms with Crippen LogP contribution in [0.1, 0.15) is 32.9 Å². The minimum Gasteiger partial charge on any atom is -0.345 e. The Bertz CT molecular complexity index is 1270. The Balaban J connectivity index is 1.44. The largest absolute Gasteiger partial charge is 0.417 e. The second kappa shape index (κ2) is 6.30. The quantitative estimate of drug-likeness (QED) is 0.571. The van der Waals surface area contributed by atoms with E-state index in [0.29, 0.717) is 5.56 Å². The number of carbonyl (C=O) groups is 1. The number of amides is 1. The van der Waals surface area contributed by atoms with Gasteiger partial charge in [-0.3, -0.25) is 9.20 Å². The van der Waals surface area contributed by atoms with Crippen molar-refractivity contribution in [1.82, 2.24) is 19.9 Å². The van der Waals surface area contributed by atoms with Gasteiger partial charge >= 0.3 is 6.18 Å². The number of nitrogens with one attached hydrogen (secondary N) is 1. The fraction of sp³-hybridized carbons (Fsp3) is 0.190. The molecule has 0 bridgehead atoms. The minimum absolute atomic E-state index is 0.0375. The highest BCUT2D eigenvalue weighted by atomic mass is 19.4. The molecule has 2 heterocycles. The predicted molar refractivity (Wildman–Crippen MR) is 101 cm³/mol. The van der Waals surface area contributed by atoms with Gasteiger partial charge in [-0.1, -0.05) is 24.3 Å². The summed E-state index contributed by atoms with van der Waals surface area (Å²) in [5.74, 6) is -0.0743. The lowest BCUT2D eigenvalue weighted by Gasteiger charge is -2.10. The number of pyridine rings is 1. The fourth-order valence-electron chi connectivity index (χ4n) is 3.93. The summed E-state index contributed by atoms with van der Waals surface area (Å²) < 4.78 is 40.2. The molecule has 0 unspecified atom stereocenters. The van der Waals surface area contributed by atoms with Crippen molar-refractivity contribution < 1.29 is 18.0 Å². The van der Waals surface area contributed by atoms with E-state index in [1.807, 2.05) is 18.2 Å². The Kier molecular flexibility index (Phi) is 3.84. The fourth-order valence-corrected chi connectivity index (χ4v) is 3.93. The van der Waals surface area contributed by atoms with Crippen LogP contribution in [0.3, 0.4) is 0 Å². The van der Waals surface area contributed by atoms with E-state index in [4.69, 9.17) is 0 Å². The number of rotatable bonds is 3. The highest BCUT2D eigenvalue weighted by Crippen LogP contribution is 2.33. The third kappa shape index (κ3) is 2.91. The molecular formula is C21H15F3N4O. The summed E-state index contributed by atoms with van der Waals surface area (Å²) in [4.78, 5) is 12.8. The molecule has 0 saturated carbocycles. The summed E-state index contributed by atoms with van der Waals surface area (Å²) in [7, 11) is 0. The van der Waals surface area contributed by atoms with Crippen molar-refractivity contribution in [2.24, 2.45) is 0 Å². The highest BCUT2D eigenvalue weighted by Gasteiger charge is 2.31. The van der Waals surface area contributed by atoms with Crippen LogP contribution in [0.25, 0.3) is 16.4 Å². The first-order valence-electron chi connectivity index (χ1n) is 9.14. The monoisotopic (exact) mass is 396 g/mol. The molecule has 1 aliphatic rings. The van der Waals surface area contributed by atoms with Gasteiger partial charge in [0, 0.05) is 11.8 Å². The number of hydrogen-bond donors (Lipinski definition) is 1. The molecule has 0 radical (unpaired) electrons. The van der Waals surface area contributed by atoms with Gasteiger partial charge in [-0.05, 0) is 52.9 Å². The van der Waals surface area contributed by atoms with Gasteiger partial charge in [-0.25, -0.2) is 0 Å². The SMILES string of the molecule is O=C(NCc1nnc2ccc(C(F)(F)F)cn12)c1ccc2c3c(cccc13)CC2. The molecule has 2 aromatic carbocycles. The standard InChI is InChI=1S/C21H15F3N4O/c22-21(23,24)14-7-9-17-26-27-18(28(17)11-14)10-25-20(29)16-8-6-13-5-4-12-2-1-3-15(16)19(12)13/h1-3,6-9,11H,4-5,10H2,(H,25,29). The van der Waals surface area contributed by atoms with Crippen molar-refractivity contribution in [2.45, 2.75) is 25.6 Å². The van der Waals surface area contributed by atoms with Gasteiger partial charge in [0.2, 0.25) is 0 Å². The average molecular weight is 396 g/mol. The van der Waals surface area contributed by atoms with Crippen LogP contribution in [0.5, 0.6) is 0 Å². The first kappa shape index (κ1) is 17.7. The number of fused-ring (bicyclic) bond motifs is 1. The van der Waals surface area contributed by atoms with E-state index in [9.17, 15) is 18.0 Å². The van der Waals surface area contributed by atoms with Crippen LogP contribution < -0.4 is 5.32 Å². The minimum atomic E-state index is -4.47. The van der Waals surface area contributed by atoms with Crippen LogP contribution in [-0.2, 0) is 25.6 Å². The Morgan fingerprint density at radius 3 is 2.62 bits per heavy atom. The summed E-state index contributed by atoms with van der Waals surface area (Å²) in [5.41, 5.74) is 2.49. The number of carbonyl (C=O) groups excluding carboxylic acids is 1. The molecule has 0 fully saturated rings. The number of hydrogen-bond acceptors (Lipinski definition) is 3. The average Bonchev–Trinajstić information content (AvgIpc) is 3.31. The third-order valence-corrected chi connectivity index (χ3v) is 5.33. The zero-order valence-electron chi connectivity index (χ0n) is 15.1. The van der Waals surface area contributed by atoms with E-state index in [0.717, 1.165) is 35.9 Å². The molecule has 8 heteroatoms. The summed E-state index contributed by atoms with van der Waals surface area (Å²) >= 11 is 0. The van der Waals surface area contributed by atoms with Gasteiger partial charge in [0.25, 0.3) is 5.91 Å². The van der Waals surface area contributed by atoms with Crippen molar-refractivity contribution in [2.75, 3.05) is 0 Å². The van der Waals surface area contributed by atoms with Crippen molar-refractivity contribution in [3.05, 3.63) is 76.7 Å². The molecule has 1 amide bonds. The van der Waals surface area contributed by atoms with E-state index in [1.165, 1.54) is 21.6 Å². The molecule has 1 N–H and O–H groups in total. The Morgan fingerprint density at radius 1 is 1.03 bits per heavy atom. The molecule has 5 nitrogen and oxygen atoms in total. The van der Waals surface area contributed by atoms with Gasteiger partial charge in [0.1, 0.15) is 0 Å². The maximum absolute atomic E-state index is 13.0. The lowest BCUT2D eigenvalue weighted by Crippen LogP contribution is -2.24. The lowest BCUT2D eigenvalue weighted by atomic mass is 9.99. The Labute approximate surface area is 163 Å². The van der Waals surface area contributed by atoms with Crippen LogP contribution in [0, 0.1) is 0 Å². The second-order valence-electron chi connectivity index (χ2n) is 7.05. The zero-order valence-corrected chi connectivity index (χ0v) is 15.1. The van der Waals surface area contributed by atoms with E-state index in [2.05, 4.69) is 21.6 Å². The first-order valence-corrected chi connectivity index (χ1v) is 9.14. The van der Waals surface area contributed by atoms with Gasteiger partial charge in [0.05, 0.1) is 12.1 Å². The van der Waals surface area contributed by atoms with Crippen molar-refractivity contribution in [1.29, 1.82) is 0 Å². The van der Waals surface area contributed by atoms with Crippen LogP contribution in [0.15, 0.2) is 48.7 Å². The van der Waals surface area contributed by atoms with E-state index in [1.54, 1.807) is 6.07 Å². The highest BCUT2D eigenvalue weighted by molar-refractivity contribution is 6.09. The topological polar surface area (TPSA) is 59.3 Å². The molecule has 5 rings (SSSR count). The summed E-state index contributed by atoms with van der Waals surface area (Å²) in [6, 6.07) is 11.9. The molecule has 146 valence electrons. The van der Waals surface area contributed by atoms with Crippen LogP contribution >= 0.6 is 0 Å².